The smallest absolute Gasteiger partial charge is 0.262 e. The molecule has 3 rings (SSSR count). The Hall–Kier alpha value is -1.76. The van der Waals surface area contributed by atoms with E-state index in [0.717, 1.165) is 19.3 Å². The Labute approximate surface area is 129 Å². The van der Waals surface area contributed by atoms with Crippen molar-refractivity contribution in [2.45, 2.75) is 38.1 Å². The molecule has 1 aromatic rings. The molecule has 6 nitrogen and oxygen atoms in total. The highest BCUT2D eigenvalue weighted by Gasteiger charge is 2.38. The fraction of sp³-hybridized carbons (Fsp3) is 0.500. The zero-order valence-corrected chi connectivity index (χ0v) is 12.4. The average Bonchev–Trinajstić information content (AvgIpc) is 3.12. The van der Waals surface area contributed by atoms with Gasteiger partial charge in [0.2, 0.25) is 0 Å². The molecular weight excluding hydrogens is 284 g/mol. The van der Waals surface area contributed by atoms with Crippen molar-refractivity contribution < 1.29 is 19.1 Å². The number of ether oxygens (including phenoxy) is 2. The van der Waals surface area contributed by atoms with Crippen LogP contribution in [0, 0.1) is 0 Å². The first kappa shape index (κ1) is 15.1. The maximum Gasteiger partial charge on any atom is 0.262 e. The molecule has 0 aromatic heterocycles. The van der Waals surface area contributed by atoms with Crippen molar-refractivity contribution in [2.75, 3.05) is 13.2 Å². The molecule has 0 spiro atoms. The van der Waals surface area contributed by atoms with Crippen molar-refractivity contribution in [3.63, 3.8) is 0 Å². The van der Waals surface area contributed by atoms with Crippen LogP contribution in [0.3, 0.4) is 0 Å². The van der Waals surface area contributed by atoms with E-state index in [1.54, 1.807) is 24.3 Å². The van der Waals surface area contributed by atoms with E-state index in [4.69, 9.17) is 15.2 Å². The third-order valence-electron chi connectivity index (χ3n) is 4.04. The zero-order valence-electron chi connectivity index (χ0n) is 12.4. The second kappa shape index (κ2) is 6.56. The van der Waals surface area contributed by atoms with Gasteiger partial charge in [-0.15, -0.1) is 0 Å². The van der Waals surface area contributed by atoms with Crippen molar-refractivity contribution in [3.05, 3.63) is 35.4 Å². The van der Waals surface area contributed by atoms with Crippen LogP contribution in [-0.2, 0) is 9.47 Å². The van der Waals surface area contributed by atoms with Crippen molar-refractivity contribution in [1.29, 1.82) is 0 Å². The van der Waals surface area contributed by atoms with Crippen LogP contribution in [0.4, 0.5) is 0 Å². The Morgan fingerprint density at radius 1 is 1.09 bits per heavy atom. The summed E-state index contributed by atoms with van der Waals surface area (Å²) in [6, 6.07) is 6.83. The van der Waals surface area contributed by atoms with Gasteiger partial charge in [0, 0.05) is 0 Å². The molecule has 1 saturated heterocycles. The lowest BCUT2D eigenvalue weighted by Crippen LogP contribution is -2.45. The van der Waals surface area contributed by atoms with E-state index < -0.39 is 6.17 Å². The molecule has 2 aliphatic heterocycles. The summed E-state index contributed by atoms with van der Waals surface area (Å²) < 4.78 is 10.7. The van der Waals surface area contributed by atoms with Crippen molar-refractivity contribution >= 4 is 11.8 Å². The SMILES string of the molecule is NC(CCCCC1OCCO1)N1C(=O)c2ccccc2C1=O. The van der Waals surface area contributed by atoms with Gasteiger partial charge in [-0.2, -0.15) is 0 Å². The molecule has 0 aliphatic carbocycles. The number of carbonyl (C=O) groups excluding carboxylic acids is 2. The fourth-order valence-electron chi connectivity index (χ4n) is 2.88. The van der Waals surface area contributed by atoms with Crippen molar-refractivity contribution in [2.24, 2.45) is 5.73 Å². The van der Waals surface area contributed by atoms with E-state index in [0.29, 0.717) is 30.8 Å². The molecule has 0 saturated carbocycles. The van der Waals surface area contributed by atoms with Gasteiger partial charge in [-0.05, 0) is 37.8 Å². The number of hydrogen-bond acceptors (Lipinski definition) is 5. The summed E-state index contributed by atoms with van der Waals surface area (Å²) in [5.41, 5.74) is 6.94. The van der Waals surface area contributed by atoms with Gasteiger partial charge in [0.15, 0.2) is 6.29 Å². The number of nitrogens with two attached hydrogens (primary N) is 1. The lowest BCUT2D eigenvalue weighted by molar-refractivity contribution is -0.0481. The monoisotopic (exact) mass is 304 g/mol. The highest BCUT2D eigenvalue weighted by Crippen LogP contribution is 2.24. The first-order chi connectivity index (χ1) is 10.7. The van der Waals surface area contributed by atoms with Gasteiger partial charge in [0.1, 0.15) is 0 Å². The van der Waals surface area contributed by atoms with E-state index in [-0.39, 0.29) is 18.1 Å². The molecule has 6 heteroatoms. The third kappa shape index (κ3) is 2.90. The van der Waals surface area contributed by atoms with Crippen molar-refractivity contribution in [3.8, 4) is 0 Å². The molecule has 2 amide bonds. The summed E-state index contributed by atoms with van der Waals surface area (Å²) in [5, 5.41) is 0. The maximum atomic E-state index is 12.3. The van der Waals surface area contributed by atoms with E-state index in [9.17, 15) is 9.59 Å². The highest BCUT2D eigenvalue weighted by atomic mass is 16.7. The maximum absolute atomic E-state index is 12.3. The predicted octanol–water partition coefficient (Wildman–Crippen LogP) is 1.50. The molecule has 1 aromatic carbocycles. The molecular formula is C16H20N2O4. The van der Waals surface area contributed by atoms with E-state index in [1.807, 2.05) is 0 Å². The molecule has 2 aliphatic rings. The predicted molar refractivity (Wildman–Crippen MR) is 79.1 cm³/mol. The number of unbranched alkanes of at least 4 members (excludes halogenated alkanes) is 1. The minimum atomic E-state index is -0.585. The summed E-state index contributed by atoms with van der Waals surface area (Å²) in [7, 11) is 0. The summed E-state index contributed by atoms with van der Waals surface area (Å²) in [4.78, 5) is 25.7. The Kier molecular flexibility index (Phi) is 4.52. The Morgan fingerprint density at radius 3 is 2.27 bits per heavy atom. The number of fused-ring (bicyclic) bond motifs is 1. The molecule has 0 radical (unpaired) electrons. The Bertz CT molecular complexity index is 534. The normalized spacial score (nSPS) is 19.8. The van der Waals surface area contributed by atoms with Crippen LogP contribution in [0.15, 0.2) is 24.3 Å². The molecule has 1 unspecified atom stereocenters. The molecule has 2 heterocycles. The highest BCUT2D eigenvalue weighted by molar-refractivity contribution is 6.21. The zero-order chi connectivity index (χ0) is 15.5. The molecule has 0 bridgehead atoms. The number of benzene rings is 1. The second-order valence-electron chi connectivity index (χ2n) is 5.55. The molecule has 2 N–H and O–H groups in total. The largest absolute Gasteiger partial charge is 0.350 e. The number of imide groups is 1. The van der Waals surface area contributed by atoms with Gasteiger partial charge < -0.3 is 15.2 Å². The quantitative estimate of drug-likeness (QED) is 0.636. The molecule has 118 valence electrons. The summed E-state index contributed by atoms with van der Waals surface area (Å²) >= 11 is 0. The molecule has 1 atom stereocenters. The van der Waals surface area contributed by atoms with Crippen LogP contribution >= 0.6 is 0 Å². The minimum Gasteiger partial charge on any atom is -0.350 e. The van der Waals surface area contributed by atoms with Crippen LogP contribution < -0.4 is 5.73 Å². The van der Waals surface area contributed by atoms with E-state index >= 15 is 0 Å². The van der Waals surface area contributed by atoms with Crippen LogP contribution in [0.1, 0.15) is 46.4 Å². The molecule has 22 heavy (non-hydrogen) atoms. The summed E-state index contributed by atoms with van der Waals surface area (Å²) in [6.07, 6.45) is 2.40. The van der Waals surface area contributed by atoms with Gasteiger partial charge >= 0.3 is 0 Å². The van der Waals surface area contributed by atoms with Crippen LogP contribution in [0.25, 0.3) is 0 Å². The van der Waals surface area contributed by atoms with Gasteiger partial charge in [-0.1, -0.05) is 12.1 Å². The molecule has 1 fully saturated rings. The Balaban J connectivity index is 1.51. The van der Waals surface area contributed by atoms with E-state index in [2.05, 4.69) is 0 Å². The number of rotatable bonds is 6. The average molecular weight is 304 g/mol. The number of carbonyl (C=O) groups is 2. The first-order valence-corrected chi connectivity index (χ1v) is 7.64. The number of nitrogens with zero attached hydrogens (tertiary/aromatic N) is 1. The lowest BCUT2D eigenvalue weighted by atomic mass is 10.1. The van der Waals surface area contributed by atoms with Crippen LogP contribution in [0.5, 0.6) is 0 Å². The van der Waals surface area contributed by atoms with Gasteiger partial charge in [0.05, 0.1) is 30.5 Å². The summed E-state index contributed by atoms with van der Waals surface area (Å²) in [5.74, 6) is -0.592. The minimum absolute atomic E-state index is 0.115. The second-order valence-corrected chi connectivity index (χ2v) is 5.55. The number of hydrogen-bond donors (Lipinski definition) is 1. The lowest BCUT2D eigenvalue weighted by Gasteiger charge is -2.22. The topological polar surface area (TPSA) is 81.9 Å². The van der Waals surface area contributed by atoms with Crippen molar-refractivity contribution in [1.82, 2.24) is 4.90 Å². The van der Waals surface area contributed by atoms with Gasteiger partial charge in [-0.25, -0.2) is 0 Å². The third-order valence-corrected chi connectivity index (χ3v) is 4.04. The standard InChI is InChI=1S/C16H20N2O4/c17-13(7-3-4-8-14-21-9-10-22-14)18-15(19)11-5-1-2-6-12(11)16(18)20/h1-2,5-6,13-14H,3-4,7-10,17H2. The number of amides is 2. The van der Waals surface area contributed by atoms with E-state index in [1.165, 1.54) is 4.90 Å². The summed E-state index contributed by atoms with van der Waals surface area (Å²) in [6.45, 7) is 1.30. The van der Waals surface area contributed by atoms with Crippen LogP contribution in [0.2, 0.25) is 0 Å². The van der Waals surface area contributed by atoms with Gasteiger partial charge in [0.25, 0.3) is 11.8 Å². The fourth-order valence-corrected chi connectivity index (χ4v) is 2.88. The Morgan fingerprint density at radius 2 is 1.68 bits per heavy atom. The first-order valence-electron chi connectivity index (χ1n) is 7.64. The van der Waals surface area contributed by atoms with Gasteiger partial charge in [-0.3, -0.25) is 14.5 Å². The van der Waals surface area contributed by atoms with Crippen LogP contribution in [-0.4, -0.2) is 42.4 Å².